The smallest absolute Gasteiger partial charge is 0.355 e. The van der Waals surface area contributed by atoms with E-state index in [1.807, 2.05) is 35.2 Å². The van der Waals surface area contributed by atoms with Gasteiger partial charge in [-0.1, -0.05) is 53.5 Å². The lowest BCUT2D eigenvalue weighted by Crippen LogP contribution is -2.58. The number of nitrogens with one attached hydrogen (secondary N) is 1. The minimum atomic E-state index is -4.52. The lowest BCUT2D eigenvalue weighted by Gasteiger charge is -2.45. The number of hydrogen-bond acceptors (Lipinski definition) is 4. The Labute approximate surface area is 228 Å². The number of amides is 2. The van der Waals surface area contributed by atoms with E-state index in [9.17, 15) is 18.0 Å². The number of carbonyl (C=O) groups excluding carboxylic acids is 1. The van der Waals surface area contributed by atoms with Crippen LogP contribution in [-0.4, -0.2) is 47.4 Å². The predicted molar refractivity (Wildman–Crippen MR) is 141 cm³/mol. The summed E-state index contributed by atoms with van der Waals surface area (Å²) in [7, 11) is 0. The number of hydrogen-bond donors (Lipinski definition) is 1. The summed E-state index contributed by atoms with van der Waals surface area (Å²) in [5.41, 5.74) is -0.0726. The van der Waals surface area contributed by atoms with Crippen molar-refractivity contribution in [3.63, 3.8) is 0 Å². The number of nitrogens with zero attached hydrogens (tertiary/aromatic N) is 3. The summed E-state index contributed by atoms with van der Waals surface area (Å²) in [6, 6.07) is 17.2. The van der Waals surface area contributed by atoms with Crippen LogP contribution in [0.15, 0.2) is 66.9 Å². The molecule has 0 saturated carbocycles. The Morgan fingerprint density at radius 3 is 2.39 bits per heavy atom. The molecule has 3 heterocycles. The fourth-order valence-electron chi connectivity index (χ4n) is 5.10. The SMILES string of the molecule is O=C(Nc1ccc(Cl)cc1)N1[C@@H](Cc2ccccc2)COC12CCN(c1ncc(C(F)(F)F)cc1Cl)CC2. The summed E-state index contributed by atoms with van der Waals surface area (Å²) in [5.74, 6) is 0.283. The number of halogens is 5. The number of benzene rings is 2. The Morgan fingerprint density at radius 2 is 1.76 bits per heavy atom. The molecule has 2 aromatic carbocycles. The van der Waals surface area contributed by atoms with Crippen molar-refractivity contribution in [1.82, 2.24) is 9.88 Å². The molecule has 2 aliphatic rings. The first-order valence-electron chi connectivity index (χ1n) is 12.2. The number of anilines is 2. The van der Waals surface area contributed by atoms with Gasteiger partial charge in [-0.2, -0.15) is 13.2 Å². The lowest BCUT2D eigenvalue weighted by molar-refractivity contribution is -0.137. The molecule has 2 aliphatic heterocycles. The second-order valence-electron chi connectivity index (χ2n) is 9.42. The quantitative estimate of drug-likeness (QED) is 0.375. The third-order valence-corrected chi connectivity index (χ3v) is 7.50. The van der Waals surface area contributed by atoms with Gasteiger partial charge in [0.25, 0.3) is 0 Å². The van der Waals surface area contributed by atoms with Crippen LogP contribution in [0.2, 0.25) is 10.0 Å². The molecule has 0 bridgehead atoms. The maximum atomic E-state index is 13.7. The lowest BCUT2D eigenvalue weighted by atomic mass is 9.96. The average Bonchev–Trinajstić information content (AvgIpc) is 3.23. The van der Waals surface area contributed by atoms with Crippen molar-refractivity contribution in [3.05, 3.63) is 88.0 Å². The number of ether oxygens (including phenoxy) is 1. The van der Waals surface area contributed by atoms with E-state index in [4.69, 9.17) is 27.9 Å². The zero-order chi connectivity index (χ0) is 26.9. The molecule has 200 valence electrons. The fraction of sp³-hybridized carbons (Fsp3) is 0.333. The Morgan fingerprint density at radius 1 is 1.08 bits per heavy atom. The van der Waals surface area contributed by atoms with E-state index >= 15 is 0 Å². The highest BCUT2D eigenvalue weighted by molar-refractivity contribution is 6.33. The summed E-state index contributed by atoms with van der Waals surface area (Å²) in [4.78, 5) is 21.3. The van der Waals surface area contributed by atoms with Gasteiger partial charge in [-0.25, -0.2) is 9.78 Å². The van der Waals surface area contributed by atoms with E-state index in [1.54, 1.807) is 29.2 Å². The van der Waals surface area contributed by atoms with Crippen LogP contribution in [0.5, 0.6) is 0 Å². The third kappa shape index (κ3) is 5.55. The van der Waals surface area contributed by atoms with Gasteiger partial charge in [0.05, 0.1) is 23.2 Å². The maximum Gasteiger partial charge on any atom is 0.417 e. The van der Waals surface area contributed by atoms with Crippen molar-refractivity contribution in [2.75, 3.05) is 29.9 Å². The van der Waals surface area contributed by atoms with Crippen LogP contribution in [0.3, 0.4) is 0 Å². The molecule has 0 radical (unpaired) electrons. The molecular weight excluding hydrogens is 540 g/mol. The van der Waals surface area contributed by atoms with Gasteiger partial charge in [0, 0.05) is 42.8 Å². The standard InChI is InChI=1S/C27H25Cl2F3N4O2/c28-20-6-8-21(9-7-20)34-25(37)36-22(14-18-4-2-1-3-5-18)17-38-26(36)10-12-35(13-11-26)24-23(29)15-19(16-33-24)27(30,31)32/h1-9,15-16,22H,10-14,17H2,(H,34,37)/t22-/m0/s1. The summed E-state index contributed by atoms with van der Waals surface area (Å²) >= 11 is 12.2. The first-order chi connectivity index (χ1) is 18.1. The normalized spacial score (nSPS) is 19.1. The second-order valence-corrected chi connectivity index (χ2v) is 10.3. The highest BCUT2D eigenvalue weighted by Gasteiger charge is 2.52. The van der Waals surface area contributed by atoms with Crippen molar-refractivity contribution in [2.24, 2.45) is 0 Å². The first-order valence-corrected chi connectivity index (χ1v) is 12.9. The van der Waals surface area contributed by atoms with Crippen molar-refractivity contribution < 1.29 is 22.7 Å². The molecule has 2 saturated heterocycles. The maximum absolute atomic E-state index is 13.7. The van der Waals surface area contributed by atoms with Gasteiger partial charge in [0.1, 0.15) is 11.5 Å². The first kappa shape index (κ1) is 26.6. The Kier molecular flexibility index (Phi) is 7.44. The van der Waals surface area contributed by atoms with Crippen LogP contribution in [0.4, 0.5) is 29.5 Å². The van der Waals surface area contributed by atoms with Crippen LogP contribution in [0.25, 0.3) is 0 Å². The van der Waals surface area contributed by atoms with Gasteiger partial charge in [-0.15, -0.1) is 0 Å². The Balaban J connectivity index is 1.36. The van der Waals surface area contributed by atoms with E-state index < -0.39 is 17.5 Å². The summed E-state index contributed by atoms with van der Waals surface area (Å²) in [5, 5.41) is 3.46. The monoisotopic (exact) mass is 564 g/mol. The molecule has 3 aromatic rings. The predicted octanol–water partition coefficient (Wildman–Crippen LogP) is 6.88. The van der Waals surface area contributed by atoms with E-state index in [0.29, 0.717) is 49.7 Å². The Bertz CT molecular complexity index is 1280. The van der Waals surface area contributed by atoms with E-state index in [0.717, 1.165) is 17.8 Å². The van der Waals surface area contributed by atoms with Crippen molar-refractivity contribution in [1.29, 1.82) is 0 Å². The topological polar surface area (TPSA) is 57.7 Å². The van der Waals surface area contributed by atoms with Crippen LogP contribution in [-0.2, 0) is 17.3 Å². The second kappa shape index (κ2) is 10.6. The highest BCUT2D eigenvalue weighted by atomic mass is 35.5. The van der Waals surface area contributed by atoms with Crippen LogP contribution < -0.4 is 10.2 Å². The van der Waals surface area contributed by atoms with Crippen molar-refractivity contribution >= 4 is 40.7 Å². The molecule has 1 aromatic heterocycles. The van der Waals surface area contributed by atoms with Gasteiger partial charge < -0.3 is 15.0 Å². The molecule has 5 rings (SSSR count). The summed E-state index contributed by atoms with van der Waals surface area (Å²) < 4.78 is 45.5. The number of piperidine rings is 1. The Hall–Kier alpha value is -3.01. The molecule has 0 aliphatic carbocycles. The van der Waals surface area contributed by atoms with E-state index in [1.165, 1.54) is 0 Å². The highest BCUT2D eigenvalue weighted by Crippen LogP contribution is 2.41. The van der Waals surface area contributed by atoms with Gasteiger partial charge in [-0.05, 0) is 42.3 Å². The molecule has 1 N–H and O–H groups in total. The average molecular weight is 565 g/mol. The van der Waals surface area contributed by atoms with Gasteiger partial charge >= 0.3 is 12.2 Å². The zero-order valence-corrected chi connectivity index (χ0v) is 21.7. The number of pyridine rings is 1. The van der Waals surface area contributed by atoms with Crippen LogP contribution >= 0.6 is 23.2 Å². The summed E-state index contributed by atoms with van der Waals surface area (Å²) in [6.07, 6.45) is -2.24. The van der Waals surface area contributed by atoms with Crippen molar-refractivity contribution in [2.45, 2.75) is 37.2 Å². The number of urea groups is 1. The molecule has 1 spiro atoms. The zero-order valence-electron chi connectivity index (χ0n) is 20.2. The van der Waals surface area contributed by atoms with Gasteiger partial charge in [-0.3, -0.25) is 4.90 Å². The minimum Gasteiger partial charge on any atom is -0.355 e. The molecule has 0 unspecified atom stereocenters. The van der Waals surface area contributed by atoms with E-state index in [2.05, 4.69) is 10.3 Å². The molecule has 11 heteroatoms. The van der Waals surface area contributed by atoms with Gasteiger partial charge in [0.15, 0.2) is 0 Å². The molecular formula is C27H25Cl2F3N4O2. The van der Waals surface area contributed by atoms with Crippen molar-refractivity contribution in [3.8, 4) is 0 Å². The number of aromatic nitrogens is 1. The van der Waals surface area contributed by atoms with E-state index in [-0.39, 0.29) is 22.9 Å². The summed E-state index contributed by atoms with van der Waals surface area (Å²) in [6.45, 7) is 1.17. The largest absolute Gasteiger partial charge is 0.417 e. The van der Waals surface area contributed by atoms with Gasteiger partial charge in [0.2, 0.25) is 0 Å². The molecule has 38 heavy (non-hydrogen) atoms. The van der Waals surface area contributed by atoms with Crippen LogP contribution in [0, 0.1) is 0 Å². The minimum absolute atomic E-state index is 0.0672. The molecule has 2 fully saturated rings. The third-order valence-electron chi connectivity index (χ3n) is 6.97. The number of alkyl halides is 3. The number of rotatable bonds is 4. The molecule has 6 nitrogen and oxygen atoms in total. The van der Waals surface area contributed by atoms with Crippen LogP contribution in [0.1, 0.15) is 24.0 Å². The number of carbonyl (C=O) groups is 1. The molecule has 2 amide bonds. The molecule has 1 atom stereocenters. The fourth-order valence-corrected chi connectivity index (χ4v) is 5.52.